The fraction of sp³-hybridized carbons (Fsp3) is 0.526. The number of hydrogen-bond acceptors (Lipinski definition) is 4. The van der Waals surface area contributed by atoms with Crippen LogP contribution in [0.3, 0.4) is 0 Å². The van der Waals surface area contributed by atoms with E-state index in [1.807, 2.05) is 41.5 Å². The second-order valence-corrected chi connectivity index (χ2v) is 8.82. The molecular formula is C19H28N2O2S2. The molecule has 138 valence electrons. The number of Topliss-reactive ketones (excluding diaryl/α,β-unsaturated/α-hetero) is 1. The number of thiocarbonyl (C=S) groups is 1. The van der Waals surface area contributed by atoms with Gasteiger partial charge in [0.05, 0.1) is 5.25 Å². The topological polar surface area (TPSA) is 49.4 Å². The van der Waals surface area contributed by atoms with Crippen LogP contribution >= 0.6 is 24.0 Å². The van der Waals surface area contributed by atoms with Crippen molar-refractivity contribution in [2.75, 3.05) is 18.4 Å². The molecule has 0 aliphatic carbocycles. The van der Waals surface area contributed by atoms with Crippen LogP contribution in [-0.4, -0.2) is 39.3 Å². The van der Waals surface area contributed by atoms with E-state index in [9.17, 15) is 9.59 Å². The molecule has 1 rings (SSSR count). The first kappa shape index (κ1) is 21.6. The van der Waals surface area contributed by atoms with Gasteiger partial charge in [-0.3, -0.25) is 9.59 Å². The van der Waals surface area contributed by atoms with Crippen molar-refractivity contribution < 1.29 is 9.59 Å². The van der Waals surface area contributed by atoms with Gasteiger partial charge in [0.25, 0.3) is 0 Å². The average molecular weight is 381 g/mol. The number of benzene rings is 1. The van der Waals surface area contributed by atoms with Gasteiger partial charge in [-0.15, -0.1) is 0 Å². The highest BCUT2D eigenvalue weighted by Crippen LogP contribution is 2.22. The predicted octanol–water partition coefficient (Wildman–Crippen LogP) is 4.60. The smallest absolute Gasteiger partial charge is 0.229 e. The van der Waals surface area contributed by atoms with E-state index >= 15 is 0 Å². The number of ketones is 1. The molecule has 1 aromatic rings. The summed E-state index contributed by atoms with van der Waals surface area (Å²) < 4.78 is 0.750. The van der Waals surface area contributed by atoms with Crippen molar-refractivity contribution in [3.8, 4) is 0 Å². The quantitative estimate of drug-likeness (QED) is 0.577. The number of nitrogens with zero attached hydrogens (tertiary/aromatic N) is 1. The summed E-state index contributed by atoms with van der Waals surface area (Å²) in [6.45, 7) is 13.2. The molecule has 0 radical (unpaired) electrons. The van der Waals surface area contributed by atoms with Gasteiger partial charge in [-0.05, 0) is 45.0 Å². The van der Waals surface area contributed by atoms with Crippen LogP contribution in [0.15, 0.2) is 24.3 Å². The second kappa shape index (κ2) is 9.34. The minimum Gasteiger partial charge on any atom is -0.358 e. The Kier molecular flexibility index (Phi) is 8.09. The summed E-state index contributed by atoms with van der Waals surface area (Å²) in [6, 6.07) is 7.02. The summed E-state index contributed by atoms with van der Waals surface area (Å²) in [5.41, 5.74) is 0.853. The van der Waals surface area contributed by atoms with Gasteiger partial charge in [0.2, 0.25) is 5.91 Å². The molecule has 0 aliphatic heterocycles. The zero-order valence-electron chi connectivity index (χ0n) is 15.9. The lowest BCUT2D eigenvalue weighted by atomic mass is 9.95. The summed E-state index contributed by atoms with van der Waals surface area (Å²) in [7, 11) is 0. The van der Waals surface area contributed by atoms with Gasteiger partial charge in [0.1, 0.15) is 4.32 Å². The van der Waals surface area contributed by atoms with E-state index in [0.717, 1.165) is 17.4 Å². The second-order valence-electron chi connectivity index (χ2n) is 6.84. The van der Waals surface area contributed by atoms with Gasteiger partial charge in [-0.2, -0.15) is 0 Å². The summed E-state index contributed by atoms with van der Waals surface area (Å²) in [5.74, 6) is -0.0201. The highest BCUT2D eigenvalue weighted by atomic mass is 32.2. The van der Waals surface area contributed by atoms with Crippen molar-refractivity contribution in [1.29, 1.82) is 0 Å². The molecular weight excluding hydrogens is 352 g/mol. The predicted molar refractivity (Wildman–Crippen MR) is 111 cm³/mol. The number of anilines is 1. The van der Waals surface area contributed by atoms with Crippen LogP contribution in [0.5, 0.6) is 0 Å². The normalized spacial score (nSPS) is 12.4. The molecule has 0 fully saturated rings. The molecule has 0 saturated heterocycles. The molecule has 0 heterocycles. The third-order valence-electron chi connectivity index (χ3n) is 3.78. The molecule has 1 aromatic carbocycles. The van der Waals surface area contributed by atoms with Gasteiger partial charge in [-0.1, -0.05) is 44.8 Å². The van der Waals surface area contributed by atoms with Crippen molar-refractivity contribution in [2.24, 2.45) is 5.41 Å². The van der Waals surface area contributed by atoms with Gasteiger partial charge < -0.3 is 10.2 Å². The van der Waals surface area contributed by atoms with Gasteiger partial charge in [0.15, 0.2) is 5.78 Å². The fourth-order valence-electron chi connectivity index (χ4n) is 2.03. The van der Waals surface area contributed by atoms with Crippen molar-refractivity contribution in [2.45, 2.75) is 46.8 Å². The van der Waals surface area contributed by atoms with E-state index in [4.69, 9.17) is 12.2 Å². The molecule has 0 aliphatic rings. The lowest BCUT2D eigenvalue weighted by Crippen LogP contribution is -2.29. The van der Waals surface area contributed by atoms with Crippen molar-refractivity contribution in [1.82, 2.24) is 4.90 Å². The van der Waals surface area contributed by atoms with E-state index in [1.54, 1.807) is 24.3 Å². The van der Waals surface area contributed by atoms with Crippen LogP contribution in [0, 0.1) is 5.41 Å². The maximum atomic E-state index is 12.6. The van der Waals surface area contributed by atoms with Gasteiger partial charge in [-0.25, -0.2) is 0 Å². The molecule has 1 amide bonds. The number of rotatable bonds is 6. The van der Waals surface area contributed by atoms with Gasteiger partial charge in [0, 0.05) is 29.8 Å². The molecule has 0 aromatic heterocycles. The summed E-state index contributed by atoms with van der Waals surface area (Å²) in [6.07, 6.45) is 0. The molecule has 1 N–H and O–H groups in total. The van der Waals surface area contributed by atoms with E-state index in [2.05, 4.69) is 10.2 Å². The maximum Gasteiger partial charge on any atom is 0.229 e. The zero-order valence-corrected chi connectivity index (χ0v) is 17.5. The Labute approximate surface area is 160 Å². The number of nitrogens with one attached hydrogen (secondary N) is 1. The summed E-state index contributed by atoms with van der Waals surface area (Å²) in [5, 5.41) is 2.61. The standard InChI is InChI=1S/C19H28N2O2S2/c1-7-21(8-2)18(24)25-13(3)16(22)14-9-11-15(12-10-14)20-17(23)19(4,5)6/h9-13H,7-8H2,1-6H3,(H,20,23)/t13-/m0/s1. The minimum absolute atomic E-state index is 0.0354. The Morgan fingerprint density at radius 2 is 1.68 bits per heavy atom. The third kappa shape index (κ3) is 6.44. The Bertz CT molecular complexity index is 617. The molecule has 0 spiro atoms. The first-order valence-corrected chi connectivity index (χ1v) is 9.80. The molecule has 0 bridgehead atoms. The van der Waals surface area contributed by atoms with Crippen LogP contribution < -0.4 is 5.32 Å². The lowest BCUT2D eigenvalue weighted by Gasteiger charge is -2.22. The highest BCUT2D eigenvalue weighted by Gasteiger charge is 2.22. The molecule has 0 saturated carbocycles. The van der Waals surface area contributed by atoms with Crippen LogP contribution in [0.1, 0.15) is 51.9 Å². The molecule has 4 nitrogen and oxygen atoms in total. The SMILES string of the molecule is CCN(CC)C(=S)S[C@@H](C)C(=O)c1ccc(NC(=O)C(C)(C)C)cc1. The number of thioether (sulfide) groups is 1. The Morgan fingerprint density at radius 1 is 1.16 bits per heavy atom. The number of amides is 1. The molecule has 0 unspecified atom stereocenters. The number of carbonyl (C=O) groups is 2. The van der Waals surface area contributed by atoms with Crippen LogP contribution in [0.2, 0.25) is 0 Å². The van der Waals surface area contributed by atoms with E-state index < -0.39 is 5.41 Å². The Balaban J connectivity index is 2.73. The van der Waals surface area contributed by atoms with Crippen LogP contribution in [0.25, 0.3) is 0 Å². The molecule has 6 heteroatoms. The first-order chi connectivity index (χ1) is 11.6. The average Bonchev–Trinajstić information content (AvgIpc) is 2.55. The zero-order chi connectivity index (χ0) is 19.2. The largest absolute Gasteiger partial charge is 0.358 e. The Hall–Kier alpha value is -1.40. The number of carbonyl (C=O) groups excluding carboxylic acids is 2. The molecule has 1 atom stereocenters. The summed E-state index contributed by atoms with van der Waals surface area (Å²) >= 11 is 6.83. The molecule has 25 heavy (non-hydrogen) atoms. The first-order valence-electron chi connectivity index (χ1n) is 8.51. The Morgan fingerprint density at radius 3 is 2.12 bits per heavy atom. The third-order valence-corrected chi connectivity index (χ3v) is 5.35. The van der Waals surface area contributed by atoms with Crippen molar-refractivity contribution in [3.05, 3.63) is 29.8 Å². The van der Waals surface area contributed by atoms with E-state index in [1.165, 1.54) is 11.8 Å². The van der Waals surface area contributed by atoms with E-state index in [0.29, 0.717) is 11.3 Å². The highest BCUT2D eigenvalue weighted by molar-refractivity contribution is 8.23. The maximum absolute atomic E-state index is 12.6. The summed E-state index contributed by atoms with van der Waals surface area (Å²) in [4.78, 5) is 26.7. The fourth-order valence-corrected chi connectivity index (χ4v) is 3.68. The van der Waals surface area contributed by atoms with Gasteiger partial charge >= 0.3 is 0 Å². The van der Waals surface area contributed by atoms with Crippen LogP contribution in [0.4, 0.5) is 5.69 Å². The lowest BCUT2D eigenvalue weighted by molar-refractivity contribution is -0.123. The minimum atomic E-state index is -0.459. The van der Waals surface area contributed by atoms with Crippen molar-refractivity contribution in [3.63, 3.8) is 0 Å². The van der Waals surface area contributed by atoms with E-state index in [-0.39, 0.29) is 16.9 Å². The monoisotopic (exact) mass is 380 g/mol. The van der Waals surface area contributed by atoms with Crippen molar-refractivity contribution >= 4 is 45.7 Å². The number of hydrogen-bond donors (Lipinski definition) is 1. The van der Waals surface area contributed by atoms with Crippen LogP contribution in [-0.2, 0) is 4.79 Å².